The molecule has 1 N–H and O–H groups in total. The monoisotopic (exact) mass is 692 g/mol. The van der Waals surface area contributed by atoms with Crippen LogP contribution >= 0.6 is 0 Å². The van der Waals surface area contributed by atoms with Crippen molar-refractivity contribution in [2.75, 3.05) is 39.3 Å². The summed E-state index contributed by atoms with van der Waals surface area (Å²) >= 11 is 0. The van der Waals surface area contributed by atoms with E-state index in [2.05, 4.69) is 70.2 Å². The molecule has 50 heavy (non-hydrogen) atoms. The fraction of sp³-hybridized carbons (Fsp3) is 0.909. The molecule has 6 heteroatoms. The number of carbonyl (C=O) groups is 2. The number of nitrogens with zero attached hydrogens (tertiary/aromatic N) is 2. The molecule has 282 valence electrons. The summed E-state index contributed by atoms with van der Waals surface area (Å²) in [6.45, 7) is 30.6. The van der Waals surface area contributed by atoms with Crippen LogP contribution in [0.4, 0.5) is 0 Å². The number of hydrogen-bond donors (Lipinski definition) is 1. The summed E-state index contributed by atoms with van der Waals surface area (Å²) in [6, 6.07) is 0.339. The summed E-state index contributed by atoms with van der Waals surface area (Å²) in [5, 5.41) is 3.77. The van der Waals surface area contributed by atoms with Gasteiger partial charge < -0.3 is 19.9 Å². The van der Waals surface area contributed by atoms with Gasteiger partial charge in [-0.2, -0.15) is 0 Å². The maximum absolute atomic E-state index is 14.9. The van der Waals surface area contributed by atoms with Gasteiger partial charge in [-0.1, -0.05) is 53.7 Å². The number of piperazine rings is 1. The number of rotatable bonds is 7. The third-order valence-corrected chi connectivity index (χ3v) is 18.1. The molecule has 7 fully saturated rings. The largest absolute Gasteiger partial charge is 0.462 e. The minimum absolute atomic E-state index is 0.0165. The van der Waals surface area contributed by atoms with Crippen LogP contribution in [-0.2, 0) is 14.3 Å². The Kier molecular flexibility index (Phi) is 9.73. The van der Waals surface area contributed by atoms with E-state index in [4.69, 9.17) is 4.74 Å². The first-order chi connectivity index (χ1) is 23.6. The van der Waals surface area contributed by atoms with Crippen molar-refractivity contribution in [3.05, 3.63) is 12.2 Å². The summed E-state index contributed by atoms with van der Waals surface area (Å²) in [5.41, 5.74) is 1.77. The van der Waals surface area contributed by atoms with Crippen LogP contribution in [0.15, 0.2) is 12.2 Å². The van der Waals surface area contributed by atoms with Crippen LogP contribution in [0, 0.1) is 62.6 Å². The molecule has 6 aliphatic carbocycles. The Bertz CT molecular complexity index is 1320. The second kappa shape index (κ2) is 13.2. The van der Waals surface area contributed by atoms with Gasteiger partial charge in [0.2, 0.25) is 5.91 Å². The molecule has 1 heterocycles. The quantitative estimate of drug-likeness (QED) is 0.214. The number of nitrogens with one attached hydrogen (secondary N) is 1. The van der Waals surface area contributed by atoms with E-state index in [0.717, 1.165) is 51.5 Å². The maximum atomic E-state index is 14.9. The maximum Gasteiger partial charge on any atom is 0.302 e. The van der Waals surface area contributed by atoms with Gasteiger partial charge in [0.25, 0.3) is 0 Å². The lowest BCUT2D eigenvalue weighted by Crippen LogP contribution is -2.67. The molecule has 6 saturated carbocycles. The van der Waals surface area contributed by atoms with Gasteiger partial charge in [-0.15, -0.1) is 0 Å². The van der Waals surface area contributed by atoms with Crippen molar-refractivity contribution >= 4 is 11.9 Å². The number of esters is 1. The molecular formula is C44H73N3O3. The molecule has 0 aromatic rings. The lowest BCUT2D eigenvalue weighted by molar-refractivity contribution is -0.248. The summed E-state index contributed by atoms with van der Waals surface area (Å²) in [4.78, 5) is 32.2. The molecule has 1 aliphatic heterocycles. The molecule has 0 spiro atoms. The second-order valence-electron chi connectivity index (χ2n) is 20.4. The van der Waals surface area contributed by atoms with Crippen LogP contribution < -0.4 is 5.32 Å². The third-order valence-electron chi connectivity index (χ3n) is 18.1. The molecule has 6 nitrogen and oxygen atoms in total. The Balaban J connectivity index is 1.09. The lowest BCUT2D eigenvalue weighted by atomic mass is 9.32. The highest BCUT2D eigenvalue weighted by Crippen LogP contribution is 2.77. The van der Waals surface area contributed by atoms with E-state index in [9.17, 15) is 9.59 Å². The first kappa shape index (κ1) is 36.9. The van der Waals surface area contributed by atoms with E-state index in [1.807, 2.05) is 0 Å². The van der Waals surface area contributed by atoms with Crippen LogP contribution in [0.2, 0.25) is 0 Å². The summed E-state index contributed by atoms with van der Waals surface area (Å²) < 4.78 is 5.99. The Labute approximate surface area is 305 Å². The number of amides is 1. The average Bonchev–Trinajstić information content (AvgIpc) is 3.68. The number of ether oxygens (including phenoxy) is 1. The van der Waals surface area contributed by atoms with Gasteiger partial charge in [-0.3, -0.25) is 9.59 Å². The number of allylic oxidation sites excluding steroid dienone is 1. The van der Waals surface area contributed by atoms with Crippen LogP contribution in [0.1, 0.15) is 139 Å². The van der Waals surface area contributed by atoms with Gasteiger partial charge in [-0.25, -0.2) is 0 Å². The van der Waals surface area contributed by atoms with E-state index < -0.39 is 0 Å². The van der Waals surface area contributed by atoms with Gasteiger partial charge in [0.05, 0.1) is 5.41 Å². The van der Waals surface area contributed by atoms with Crippen molar-refractivity contribution in [1.82, 2.24) is 15.1 Å². The summed E-state index contributed by atoms with van der Waals surface area (Å²) in [7, 11) is 0. The average molecular weight is 692 g/mol. The van der Waals surface area contributed by atoms with Crippen molar-refractivity contribution in [3.8, 4) is 0 Å². The van der Waals surface area contributed by atoms with E-state index in [0.29, 0.717) is 47.5 Å². The number of fused-ring (bicyclic) bond motifs is 7. The van der Waals surface area contributed by atoms with E-state index in [1.54, 1.807) is 6.92 Å². The highest BCUT2D eigenvalue weighted by atomic mass is 16.5. The first-order valence-corrected chi connectivity index (χ1v) is 21.2. The predicted molar refractivity (Wildman–Crippen MR) is 202 cm³/mol. The minimum atomic E-state index is -0.239. The fourth-order valence-corrected chi connectivity index (χ4v) is 15.3. The van der Waals surface area contributed by atoms with Crippen molar-refractivity contribution in [2.45, 2.75) is 151 Å². The van der Waals surface area contributed by atoms with Gasteiger partial charge in [0.15, 0.2) is 0 Å². The number of likely N-dealkylation sites (N-methyl/N-ethyl adjacent to an activating group) is 1. The van der Waals surface area contributed by atoms with Crippen LogP contribution in [0.3, 0.4) is 0 Å². The Morgan fingerprint density at radius 1 is 0.780 bits per heavy atom. The molecular weight excluding hydrogens is 619 g/mol. The standard InChI is InChI=1S/C44H73N3O3/c1-10-46-23-25-47(26-24-46)28-31-11-12-32(27-31)45-39(49)44-20-15-33(29(2)3)38(44)34-13-14-36-41(7)18-17-37(50-30(4)48)40(5,6)35(41)16-19-43(36,9)42(34,8)21-22-44/h31-38H,2,10-28H2,1,3-9H3,(H,45,49)/t31-,32+,33-,34+,35-,36+,37-,38+,41-,42+,43+,44-/m0/s1. The van der Waals surface area contributed by atoms with Gasteiger partial charge in [0.1, 0.15) is 6.10 Å². The van der Waals surface area contributed by atoms with Crippen LogP contribution in [-0.4, -0.2) is 73.1 Å². The van der Waals surface area contributed by atoms with Crippen LogP contribution in [0.25, 0.3) is 0 Å². The summed E-state index contributed by atoms with van der Waals surface area (Å²) in [5.74, 6) is 3.64. The van der Waals surface area contributed by atoms with Gasteiger partial charge in [-0.05, 0) is 149 Å². The molecule has 0 bridgehead atoms. The fourth-order valence-electron chi connectivity index (χ4n) is 15.3. The molecule has 0 aromatic carbocycles. The molecule has 1 amide bonds. The van der Waals surface area contributed by atoms with Crippen molar-refractivity contribution in [2.24, 2.45) is 62.6 Å². The molecule has 7 rings (SSSR count). The molecule has 7 aliphatic rings. The number of carbonyl (C=O) groups excluding carboxylic acids is 2. The predicted octanol–water partition coefficient (Wildman–Crippen LogP) is 8.50. The van der Waals surface area contributed by atoms with Gasteiger partial charge in [0, 0.05) is 51.1 Å². The third kappa shape index (κ3) is 5.68. The zero-order valence-corrected chi connectivity index (χ0v) is 33.4. The second-order valence-corrected chi connectivity index (χ2v) is 20.4. The van der Waals surface area contributed by atoms with E-state index >= 15 is 0 Å². The Morgan fingerprint density at radius 3 is 2.18 bits per heavy atom. The van der Waals surface area contributed by atoms with Crippen molar-refractivity contribution in [1.29, 1.82) is 0 Å². The molecule has 0 radical (unpaired) electrons. The smallest absolute Gasteiger partial charge is 0.302 e. The minimum Gasteiger partial charge on any atom is -0.462 e. The SMILES string of the molecule is C=C(C)[C@@H]1CC[C@]2(C(=O)N[C@@H]3CC[C@H](CN4CCN(CC)CC4)C3)CC[C@]3(C)[C@H](CC[C@@H]4[C@@]5(C)CC[C@H](OC(C)=O)C(C)(C)[C@@H]5CC[C@]43C)[C@@H]12. The molecule has 0 unspecified atom stereocenters. The number of hydrogen-bond acceptors (Lipinski definition) is 5. The lowest BCUT2D eigenvalue weighted by Gasteiger charge is -2.72. The van der Waals surface area contributed by atoms with Crippen molar-refractivity contribution < 1.29 is 14.3 Å². The molecule has 0 aromatic heterocycles. The molecule has 12 atom stereocenters. The zero-order valence-electron chi connectivity index (χ0n) is 33.4. The highest BCUT2D eigenvalue weighted by Gasteiger charge is 2.72. The Hall–Kier alpha value is -1.40. The zero-order chi connectivity index (χ0) is 35.9. The molecule has 1 saturated heterocycles. The van der Waals surface area contributed by atoms with E-state index in [-0.39, 0.29) is 39.1 Å². The highest BCUT2D eigenvalue weighted by molar-refractivity contribution is 5.84. The first-order valence-electron chi connectivity index (χ1n) is 21.2. The topological polar surface area (TPSA) is 61.9 Å². The summed E-state index contributed by atoms with van der Waals surface area (Å²) in [6.07, 6.45) is 15.1. The normalized spacial score (nSPS) is 47.4. The van der Waals surface area contributed by atoms with E-state index in [1.165, 1.54) is 76.8 Å². The van der Waals surface area contributed by atoms with Gasteiger partial charge >= 0.3 is 5.97 Å². The van der Waals surface area contributed by atoms with Crippen LogP contribution in [0.5, 0.6) is 0 Å². The Morgan fingerprint density at radius 2 is 1.50 bits per heavy atom. The van der Waals surface area contributed by atoms with Crippen molar-refractivity contribution in [3.63, 3.8) is 0 Å².